The predicted molar refractivity (Wildman–Crippen MR) is 51.9 cm³/mol. The van der Waals surface area contributed by atoms with Crippen LogP contribution in [-0.4, -0.2) is 17.7 Å². The molecule has 1 saturated heterocycles. The van der Waals surface area contributed by atoms with Crippen LogP contribution in [0.2, 0.25) is 0 Å². The summed E-state index contributed by atoms with van der Waals surface area (Å²) >= 11 is 0. The van der Waals surface area contributed by atoms with Gasteiger partial charge in [-0.25, -0.2) is 4.98 Å². The Balaban J connectivity index is 2.09. The second kappa shape index (κ2) is 3.71. The number of oxazole rings is 1. The molecule has 4 heteroatoms. The van der Waals surface area contributed by atoms with Crippen LogP contribution in [0.15, 0.2) is 10.6 Å². The SMILES string of the molecule is CC1CC(c2cnc(C(C)N)o2)CO1. The standard InChI is InChI=1S/C10H16N2O2/c1-6-3-8(5-13-6)9-4-12-10(14-9)7(2)11/h4,6-8H,3,5,11H2,1-2H3. The molecule has 0 spiro atoms. The van der Waals surface area contributed by atoms with Crippen LogP contribution in [0.3, 0.4) is 0 Å². The number of aromatic nitrogens is 1. The summed E-state index contributed by atoms with van der Waals surface area (Å²) in [6, 6.07) is -0.136. The van der Waals surface area contributed by atoms with E-state index in [1.54, 1.807) is 6.20 Å². The lowest BCUT2D eigenvalue weighted by atomic mass is 10.0. The molecule has 1 aliphatic heterocycles. The summed E-state index contributed by atoms with van der Waals surface area (Å²) < 4.78 is 11.0. The number of nitrogens with zero attached hydrogens (tertiary/aromatic N) is 1. The van der Waals surface area contributed by atoms with Crippen LogP contribution in [0.5, 0.6) is 0 Å². The first-order valence-electron chi connectivity index (χ1n) is 4.99. The van der Waals surface area contributed by atoms with Crippen molar-refractivity contribution in [1.82, 2.24) is 4.98 Å². The molecule has 0 radical (unpaired) electrons. The van der Waals surface area contributed by atoms with Gasteiger partial charge in [0.05, 0.1) is 24.9 Å². The molecule has 78 valence electrons. The molecular weight excluding hydrogens is 180 g/mol. The van der Waals surface area contributed by atoms with Gasteiger partial charge in [0.25, 0.3) is 0 Å². The summed E-state index contributed by atoms with van der Waals surface area (Å²) in [6.45, 7) is 4.67. The molecule has 0 aromatic carbocycles. The maximum Gasteiger partial charge on any atom is 0.211 e. The van der Waals surface area contributed by atoms with Crippen molar-refractivity contribution in [2.75, 3.05) is 6.61 Å². The number of nitrogens with two attached hydrogens (primary N) is 1. The molecule has 2 heterocycles. The molecule has 3 unspecified atom stereocenters. The van der Waals surface area contributed by atoms with Gasteiger partial charge in [-0.15, -0.1) is 0 Å². The lowest BCUT2D eigenvalue weighted by Gasteiger charge is -2.02. The van der Waals surface area contributed by atoms with E-state index >= 15 is 0 Å². The first-order valence-corrected chi connectivity index (χ1v) is 4.99. The second-order valence-corrected chi connectivity index (χ2v) is 3.97. The topological polar surface area (TPSA) is 61.3 Å². The van der Waals surface area contributed by atoms with E-state index in [0.717, 1.165) is 18.8 Å². The molecule has 2 rings (SSSR count). The van der Waals surface area contributed by atoms with Crippen LogP contribution in [0.25, 0.3) is 0 Å². The van der Waals surface area contributed by atoms with Crippen molar-refractivity contribution < 1.29 is 9.15 Å². The number of hydrogen-bond donors (Lipinski definition) is 1. The van der Waals surface area contributed by atoms with Gasteiger partial charge in [-0.1, -0.05) is 0 Å². The van der Waals surface area contributed by atoms with Crippen LogP contribution < -0.4 is 5.73 Å². The molecule has 0 aliphatic carbocycles. The number of ether oxygens (including phenoxy) is 1. The minimum Gasteiger partial charge on any atom is -0.444 e. The first-order chi connectivity index (χ1) is 6.66. The molecule has 4 nitrogen and oxygen atoms in total. The number of rotatable bonds is 2. The van der Waals surface area contributed by atoms with Crippen LogP contribution in [0.1, 0.15) is 43.9 Å². The zero-order valence-corrected chi connectivity index (χ0v) is 8.56. The molecule has 2 N–H and O–H groups in total. The van der Waals surface area contributed by atoms with Crippen LogP contribution in [0.4, 0.5) is 0 Å². The van der Waals surface area contributed by atoms with Crippen molar-refractivity contribution in [3.8, 4) is 0 Å². The Morgan fingerprint density at radius 3 is 2.93 bits per heavy atom. The van der Waals surface area contributed by atoms with Gasteiger partial charge in [0.15, 0.2) is 0 Å². The summed E-state index contributed by atoms with van der Waals surface area (Å²) in [4.78, 5) is 4.14. The van der Waals surface area contributed by atoms with Crippen molar-refractivity contribution in [3.05, 3.63) is 17.8 Å². The average molecular weight is 196 g/mol. The third kappa shape index (κ3) is 1.81. The van der Waals surface area contributed by atoms with Gasteiger partial charge in [-0.3, -0.25) is 0 Å². The number of hydrogen-bond acceptors (Lipinski definition) is 4. The highest BCUT2D eigenvalue weighted by Crippen LogP contribution is 2.30. The molecule has 1 aromatic rings. The quantitative estimate of drug-likeness (QED) is 0.780. The van der Waals surface area contributed by atoms with E-state index in [4.69, 9.17) is 14.9 Å². The molecule has 0 amide bonds. The van der Waals surface area contributed by atoms with Crippen LogP contribution in [0, 0.1) is 0 Å². The molecule has 0 saturated carbocycles. The minimum absolute atomic E-state index is 0.136. The van der Waals surface area contributed by atoms with E-state index < -0.39 is 0 Å². The van der Waals surface area contributed by atoms with Gasteiger partial charge in [-0.2, -0.15) is 0 Å². The Labute approximate surface area is 83.4 Å². The van der Waals surface area contributed by atoms with Crippen LogP contribution >= 0.6 is 0 Å². The summed E-state index contributed by atoms with van der Waals surface area (Å²) in [7, 11) is 0. The van der Waals surface area contributed by atoms with E-state index in [1.165, 1.54) is 0 Å². The van der Waals surface area contributed by atoms with Gasteiger partial charge in [0, 0.05) is 5.92 Å². The van der Waals surface area contributed by atoms with Crippen LogP contribution in [-0.2, 0) is 4.74 Å². The largest absolute Gasteiger partial charge is 0.444 e. The summed E-state index contributed by atoms with van der Waals surface area (Å²) in [5.74, 6) is 1.87. The maximum absolute atomic E-state index is 5.67. The maximum atomic E-state index is 5.67. The van der Waals surface area contributed by atoms with Gasteiger partial charge in [0.2, 0.25) is 5.89 Å². The van der Waals surface area contributed by atoms with E-state index in [1.807, 2.05) is 6.92 Å². The van der Waals surface area contributed by atoms with Crippen molar-refractivity contribution in [2.45, 2.75) is 38.3 Å². The lowest BCUT2D eigenvalue weighted by Crippen LogP contribution is -2.04. The fourth-order valence-corrected chi connectivity index (χ4v) is 1.72. The zero-order valence-electron chi connectivity index (χ0n) is 8.56. The smallest absolute Gasteiger partial charge is 0.211 e. The highest BCUT2D eigenvalue weighted by molar-refractivity contribution is 5.05. The van der Waals surface area contributed by atoms with Crippen molar-refractivity contribution in [3.63, 3.8) is 0 Å². The molecule has 14 heavy (non-hydrogen) atoms. The third-order valence-electron chi connectivity index (χ3n) is 2.53. The van der Waals surface area contributed by atoms with Crippen molar-refractivity contribution >= 4 is 0 Å². The fraction of sp³-hybridized carbons (Fsp3) is 0.700. The van der Waals surface area contributed by atoms with Gasteiger partial charge < -0.3 is 14.9 Å². The van der Waals surface area contributed by atoms with Gasteiger partial charge in [-0.05, 0) is 20.3 Å². The Morgan fingerprint density at radius 2 is 2.43 bits per heavy atom. The first kappa shape index (κ1) is 9.68. The Bertz CT molecular complexity index is 309. The lowest BCUT2D eigenvalue weighted by molar-refractivity contribution is 0.122. The fourth-order valence-electron chi connectivity index (χ4n) is 1.72. The van der Waals surface area contributed by atoms with E-state index in [9.17, 15) is 0 Å². The van der Waals surface area contributed by atoms with E-state index in [2.05, 4.69) is 11.9 Å². The predicted octanol–water partition coefficient (Wildman–Crippen LogP) is 1.59. The molecule has 1 aliphatic rings. The summed E-state index contributed by atoms with van der Waals surface area (Å²) in [5.41, 5.74) is 5.67. The summed E-state index contributed by atoms with van der Waals surface area (Å²) in [6.07, 6.45) is 3.10. The molecule has 1 fully saturated rings. The molecular formula is C10H16N2O2. The highest BCUT2D eigenvalue weighted by Gasteiger charge is 2.26. The molecule has 0 bridgehead atoms. The normalized spacial score (nSPS) is 29.4. The third-order valence-corrected chi connectivity index (χ3v) is 2.53. The van der Waals surface area contributed by atoms with E-state index in [0.29, 0.717) is 17.9 Å². The second-order valence-electron chi connectivity index (χ2n) is 3.97. The minimum atomic E-state index is -0.136. The molecule has 1 aromatic heterocycles. The molecule has 3 atom stereocenters. The van der Waals surface area contributed by atoms with Crippen molar-refractivity contribution in [1.29, 1.82) is 0 Å². The van der Waals surface area contributed by atoms with Crippen molar-refractivity contribution in [2.24, 2.45) is 5.73 Å². The monoisotopic (exact) mass is 196 g/mol. The van der Waals surface area contributed by atoms with Gasteiger partial charge >= 0.3 is 0 Å². The highest BCUT2D eigenvalue weighted by atomic mass is 16.5. The zero-order chi connectivity index (χ0) is 10.1. The van der Waals surface area contributed by atoms with Gasteiger partial charge in [0.1, 0.15) is 5.76 Å². The average Bonchev–Trinajstić information content (AvgIpc) is 2.70. The Hall–Kier alpha value is -0.870. The summed E-state index contributed by atoms with van der Waals surface area (Å²) in [5, 5.41) is 0. The Kier molecular flexibility index (Phi) is 2.56. The Morgan fingerprint density at radius 1 is 1.64 bits per heavy atom. The van der Waals surface area contributed by atoms with E-state index in [-0.39, 0.29) is 6.04 Å².